The molecule has 0 unspecified atom stereocenters. The Labute approximate surface area is 115 Å². The molecule has 7 heteroatoms. The second-order valence-electron chi connectivity index (χ2n) is 3.86. The predicted octanol–water partition coefficient (Wildman–Crippen LogP) is 2.54. The van der Waals surface area contributed by atoms with Crippen LogP contribution in [0.1, 0.15) is 12.5 Å². The fourth-order valence-electron chi connectivity index (χ4n) is 1.55. The molecule has 0 atom stereocenters. The largest absolute Gasteiger partial charge is 0.326 e. The van der Waals surface area contributed by atoms with Crippen molar-refractivity contribution in [3.63, 3.8) is 0 Å². The van der Waals surface area contributed by atoms with Crippen LogP contribution in [0.25, 0.3) is 0 Å². The molecule has 1 heterocycles. The topological polar surface area (TPSA) is 79.8 Å². The lowest BCUT2D eigenvalue weighted by Gasteiger charge is -2.12. The minimum Gasteiger partial charge on any atom is -0.326 e. The van der Waals surface area contributed by atoms with Gasteiger partial charge in [0.1, 0.15) is 6.33 Å². The number of carbonyl (C=O) groups excluding carboxylic acids is 1. The van der Waals surface area contributed by atoms with Crippen molar-refractivity contribution in [3.8, 4) is 0 Å². The highest BCUT2D eigenvalue weighted by Crippen LogP contribution is 2.25. The Kier molecular flexibility index (Phi) is 3.91. The Morgan fingerprint density at radius 2 is 2.00 bits per heavy atom. The normalized spacial score (nSPS) is 10.1. The van der Waals surface area contributed by atoms with Crippen LogP contribution >= 0.6 is 11.6 Å². The van der Waals surface area contributed by atoms with Gasteiger partial charge in [0.15, 0.2) is 0 Å². The van der Waals surface area contributed by atoms with Gasteiger partial charge in [-0.2, -0.15) is 4.98 Å². The Balaban J connectivity index is 2.28. The molecule has 0 aliphatic rings. The number of aromatic nitrogens is 3. The lowest BCUT2D eigenvalue weighted by Crippen LogP contribution is -2.08. The Morgan fingerprint density at radius 3 is 2.68 bits per heavy atom. The number of anilines is 3. The van der Waals surface area contributed by atoms with Gasteiger partial charge in [-0.25, -0.2) is 9.97 Å². The first-order valence-corrected chi connectivity index (χ1v) is 5.93. The van der Waals surface area contributed by atoms with Gasteiger partial charge in [-0.1, -0.05) is 6.07 Å². The lowest BCUT2D eigenvalue weighted by molar-refractivity contribution is -0.114. The van der Waals surface area contributed by atoms with Crippen molar-refractivity contribution in [2.75, 3.05) is 10.6 Å². The van der Waals surface area contributed by atoms with E-state index in [-0.39, 0.29) is 11.2 Å². The number of rotatable bonds is 3. The molecule has 2 aromatic rings. The summed E-state index contributed by atoms with van der Waals surface area (Å²) >= 11 is 5.69. The summed E-state index contributed by atoms with van der Waals surface area (Å²) in [6.07, 6.45) is 1.32. The minimum absolute atomic E-state index is 0.119. The van der Waals surface area contributed by atoms with Crippen LogP contribution in [0.2, 0.25) is 5.28 Å². The number of carbonyl (C=O) groups is 1. The number of nitrogens with one attached hydrogen (secondary N) is 2. The molecule has 0 bridgehead atoms. The van der Waals surface area contributed by atoms with Crippen LogP contribution in [-0.4, -0.2) is 20.9 Å². The number of hydrogen-bond donors (Lipinski definition) is 2. The Bertz CT molecular complexity index is 617. The third-order valence-corrected chi connectivity index (χ3v) is 2.62. The van der Waals surface area contributed by atoms with E-state index in [4.69, 9.17) is 11.6 Å². The van der Waals surface area contributed by atoms with Gasteiger partial charge in [-0.3, -0.25) is 4.79 Å². The van der Waals surface area contributed by atoms with Gasteiger partial charge in [0.2, 0.25) is 17.1 Å². The van der Waals surface area contributed by atoms with Gasteiger partial charge in [0, 0.05) is 18.3 Å². The van der Waals surface area contributed by atoms with E-state index in [1.165, 1.54) is 13.3 Å². The molecule has 0 radical (unpaired) electrons. The van der Waals surface area contributed by atoms with Crippen molar-refractivity contribution in [3.05, 3.63) is 35.4 Å². The highest BCUT2D eigenvalue weighted by Gasteiger charge is 2.07. The second-order valence-corrected chi connectivity index (χ2v) is 4.20. The standard InChI is InChI=1S/C12H12ClN5O/c1-7-9(16-8(2)19)4-3-5-10(7)17-12-15-6-14-11(13)18-12/h3-6H,1-2H3,(H,16,19)(H,14,15,17,18). The number of hydrogen-bond acceptors (Lipinski definition) is 5. The third-order valence-electron chi connectivity index (χ3n) is 2.43. The summed E-state index contributed by atoms with van der Waals surface area (Å²) in [4.78, 5) is 22.7. The quantitative estimate of drug-likeness (QED) is 0.901. The molecule has 1 amide bonds. The van der Waals surface area contributed by atoms with Crippen LogP contribution in [-0.2, 0) is 4.79 Å². The summed E-state index contributed by atoms with van der Waals surface area (Å²) in [7, 11) is 0. The van der Waals surface area contributed by atoms with E-state index in [9.17, 15) is 4.79 Å². The minimum atomic E-state index is -0.122. The fraction of sp³-hybridized carbons (Fsp3) is 0.167. The van der Waals surface area contributed by atoms with Gasteiger partial charge >= 0.3 is 0 Å². The van der Waals surface area contributed by atoms with Crippen molar-refractivity contribution in [1.29, 1.82) is 0 Å². The molecule has 0 saturated carbocycles. The van der Waals surface area contributed by atoms with Crippen LogP contribution in [0.3, 0.4) is 0 Å². The van der Waals surface area contributed by atoms with Crippen molar-refractivity contribution >= 4 is 34.8 Å². The zero-order valence-electron chi connectivity index (χ0n) is 10.4. The van der Waals surface area contributed by atoms with Crippen LogP contribution < -0.4 is 10.6 Å². The Hall–Kier alpha value is -2.21. The maximum atomic E-state index is 11.1. The van der Waals surface area contributed by atoms with Crippen molar-refractivity contribution in [1.82, 2.24) is 15.0 Å². The fourth-order valence-corrected chi connectivity index (χ4v) is 1.68. The third kappa shape index (κ3) is 3.38. The number of nitrogens with zero attached hydrogens (tertiary/aromatic N) is 3. The van der Waals surface area contributed by atoms with E-state index in [0.29, 0.717) is 5.95 Å². The van der Waals surface area contributed by atoms with Gasteiger partial charge in [0.05, 0.1) is 0 Å². The first-order valence-electron chi connectivity index (χ1n) is 5.55. The molecule has 1 aromatic heterocycles. The maximum Gasteiger partial charge on any atom is 0.231 e. The molecular formula is C12H12ClN5O. The average molecular weight is 278 g/mol. The average Bonchev–Trinajstić information content (AvgIpc) is 2.34. The molecule has 0 aliphatic carbocycles. The summed E-state index contributed by atoms with van der Waals surface area (Å²) in [5, 5.41) is 5.90. The monoisotopic (exact) mass is 277 g/mol. The maximum absolute atomic E-state index is 11.1. The molecule has 0 aliphatic heterocycles. The van der Waals surface area contributed by atoms with Crippen molar-refractivity contribution < 1.29 is 4.79 Å². The summed E-state index contributed by atoms with van der Waals surface area (Å²) in [6.45, 7) is 3.35. The molecule has 0 saturated heterocycles. The van der Waals surface area contributed by atoms with Gasteiger partial charge in [0.25, 0.3) is 0 Å². The van der Waals surface area contributed by atoms with Crippen molar-refractivity contribution in [2.24, 2.45) is 0 Å². The lowest BCUT2D eigenvalue weighted by atomic mass is 10.1. The van der Waals surface area contributed by atoms with Crippen LogP contribution in [0, 0.1) is 6.92 Å². The van der Waals surface area contributed by atoms with E-state index < -0.39 is 0 Å². The molecular weight excluding hydrogens is 266 g/mol. The van der Waals surface area contributed by atoms with E-state index >= 15 is 0 Å². The highest BCUT2D eigenvalue weighted by atomic mass is 35.5. The predicted molar refractivity (Wildman–Crippen MR) is 73.6 cm³/mol. The van der Waals surface area contributed by atoms with E-state index in [2.05, 4.69) is 25.6 Å². The van der Waals surface area contributed by atoms with Crippen molar-refractivity contribution in [2.45, 2.75) is 13.8 Å². The molecule has 0 spiro atoms. The first kappa shape index (κ1) is 13.2. The van der Waals surface area contributed by atoms with E-state index in [0.717, 1.165) is 16.9 Å². The Morgan fingerprint density at radius 1 is 1.26 bits per heavy atom. The number of amides is 1. The van der Waals surface area contributed by atoms with Crippen LogP contribution in [0.4, 0.5) is 17.3 Å². The zero-order chi connectivity index (χ0) is 13.8. The van der Waals surface area contributed by atoms with Crippen LogP contribution in [0.5, 0.6) is 0 Å². The molecule has 1 aromatic carbocycles. The molecule has 19 heavy (non-hydrogen) atoms. The highest BCUT2D eigenvalue weighted by molar-refractivity contribution is 6.28. The number of halogens is 1. The summed E-state index contributed by atoms with van der Waals surface area (Å²) in [5.74, 6) is 0.228. The smallest absolute Gasteiger partial charge is 0.231 e. The van der Waals surface area contributed by atoms with Gasteiger partial charge in [-0.15, -0.1) is 0 Å². The van der Waals surface area contributed by atoms with Gasteiger partial charge in [-0.05, 0) is 36.2 Å². The SMILES string of the molecule is CC(=O)Nc1cccc(Nc2ncnc(Cl)n2)c1C. The molecule has 2 N–H and O–H groups in total. The van der Waals surface area contributed by atoms with E-state index in [1.807, 2.05) is 25.1 Å². The summed E-state index contributed by atoms with van der Waals surface area (Å²) in [6, 6.07) is 5.50. The van der Waals surface area contributed by atoms with Gasteiger partial charge < -0.3 is 10.6 Å². The summed E-state index contributed by atoms with van der Waals surface area (Å²) < 4.78 is 0. The second kappa shape index (κ2) is 5.62. The zero-order valence-corrected chi connectivity index (χ0v) is 11.2. The molecule has 0 fully saturated rings. The molecule has 2 rings (SSSR count). The van der Waals surface area contributed by atoms with E-state index in [1.54, 1.807) is 0 Å². The number of benzene rings is 1. The molecule has 98 valence electrons. The first-order chi connectivity index (χ1) is 9.06. The van der Waals surface area contributed by atoms with Crippen LogP contribution in [0.15, 0.2) is 24.5 Å². The summed E-state index contributed by atoms with van der Waals surface area (Å²) in [5.41, 5.74) is 2.40. The molecule has 6 nitrogen and oxygen atoms in total.